The van der Waals surface area contributed by atoms with E-state index in [1.807, 2.05) is 48.7 Å². The molecule has 0 aliphatic heterocycles. The van der Waals surface area contributed by atoms with E-state index in [1.54, 1.807) is 12.1 Å². The molecule has 3 nitrogen and oxygen atoms in total. The maximum Gasteiger partial charge on any atom is 0.119 e. The lowest BCUT2D eigenvalue weighted by atomic mass is 9.88. The number of phenolic OH excluding ortho intramolecular Hbond substituents is 1. The summed E-state index contributed by atoms with van der Waals surface area (Å²) in [6.45, 7) is 3.02. The van der Waals surface area contributed by atoms with Crippen molar-refractivity contribution >= 4 is 0 Å². The predicted molar refractivity (Wildman–Crippen MR) is 123 cm³/mol. The maximum atomic E-state index is 9.66. The summed E-state index contributed by atoms with van der Waals surface area (Å²) in [5, 5.41) is 9.66. The highest BCUT2D eigenvalue weighted by atomic mass is 16.5. The Labute approximate surface area is 180 Å². The summed E-state index contributed by atoms with van der Waals surface area (Å²) < 4.78 is 5.95. The number of pyridine rings is 1. The summed E-state index contributed by atoms with van der Waals surface area (Å²) >= 11 is 0. The number of nitrogens with zero attached hydrogens (tertiary/aromatic N) is 1. The summed E-state index contributed by atoms with van der Waals surface area (Å²) in [7, 11) is 0. The zero-order valence-corrected chi connectivity index (χ0v) is 18.0. The molecule has 0 aliphatic carbocycles. The Morgan fingerprint density at radius 3 is 2.03 bits per heavy atom. The smallest absolute Gasteiger partial charge is 0.119 e. The van der Waals surface area contributed by atoms with Gasteiger partial charge in [0.1, 0.15) is 11.5 Å². The molecule has 3 aromatic rings. The molecule has 0 amide bonds. The van der Waals surface area contributed by atoms with Crippen LogP contribution in [0.3, 0.4) is 0 Å². The van der Waals surface area contributed by atoms with Crippen LogP contribution in [0.1, 0.15) is 74.6 Å². The number of aromatic nitrogens is 1. The van der Waals surface area contributed by atoms with Crippen molar-refractivity contribution in [3.63, 3.8) is 0 Å². The predicted octanol–water partition coefficient (Wildman–Crippen LogP) is 7.10. The van der Waals surface area contributed by atoms with Crippen LogP contribution in [-0.2, 0) is 0 Å². The van der Waals surface area contributed by atoms with Gasteiger partial charge in [-0.15, -0.1) is 0 Å². The van der Waals surface area contributed by atoms with Gasteiger partial charge >= 0.3 is 0 Å². The monoisotopic (exact) mass is 403 g/mol. The first-order chi connectivity index (χ1) is 14.8. The van der Waals surface area contributed by atoms with E-state index in [4.69, 9.17) is 4.74 Å². The zero-order valence-electron chi connectivity index (χ0n) is 18.0. The van der Waals surface area contributed by atoms with Gasteiger partial charge in [0.25, 0.3) is 0 Å². The number of ether oxygens (including phenoxy) is 1. The van der Waals surface area contributed by atoms with Crippen LogP contribution in [0.2, 0.25) is 0 Å². The van der Waals surface area contributed by atoms with Gasteiger partial charge in [-0.3, -0.25) is 4.98 Å². The Balaban J connectivity index is 1.60. The number of phenols is 1. The minimum atomic E-state index is 0.0176. The number of unbranched alkanes of at least 4 members (excludes halogenated alkanes) is 6. The molecule has 0 spiro atoms. The van der Waals surface area contributed by atoms with Crippen molar-refractivity contribution in [1.29, 1.82) is 0 Å². The van der Waals surface area contributed by atoms with Gasteiger partial charge in [0.15, 0.2) is 0 Å². The normalized spacial score (nSPS) is 11.9. The molecule has 0 radical (unpaired) electrons. The second-order valence-electron chi connectivity index (χ2n) is 7.82. The Bertz CT molecular complexity index is 844. The molecule has 1 unspecified atom stereocenters. The molecule has 30 heavy (non-hydrogen) atoms. The summed E-state index contributed by atoms with van der Waals surface area (Å²) in [4.78, 5) is 4.58. The highest BCUT2D eigenvalue weighted by Crippen LogP contribution is 2.32. The fourth-order valence-electron chi connectivity index (χ4n) is 3.75. The van der Waals surface area contributed by atoms with Gasteiger partial charge in [-0.25, -0.2) is 0 Å². The van der Waals surface area contributed by atoms with E-state index >= 15 is 0 Å². The molecule has 1 atom stereocenters. The van der Waals surface area contributed by atoms with Gasteiger partial charge in [-0.2, -0.15) is 0 Å². The van der Waals surface area contributed by atoms with E-state index < -0.39 is 0 Å². The van der Waals surface area contributed by atoms with Crippen molar-refractivity contribution in [2.75, 3.05) is 6.61 Å². The minimum absolute atomic E-state index is 0.0176. The average molecular weight is 404 g/mol. The molecule has 3 heteroatoms. The number of rotatable bonds is 12. The van der Waals surface area contributed by atoms with Crippen LogP contribution in [0.4, 0.5) is 0 Å². The van der Waals surface area contributed by atoms with E-state index in [0.717, 1.165) is 35.6 Å². The minimum Gasteiger partial charge on any atom is -0.508 e. The Morgan fingerprint density at radius 1 is 0.767 bits per heavy atom. The fraction of sp³-hybridized carbons (Fsp3) is 0.370. The molecule has 1 N–H and O–H groups in total. The van der Waals surface area contributed by atoms with Crippen molar-refractivity contribution < 1.29 is 9.84 Å². The van der Waals surface area contributed by atoms with Crippen LogP contribution in [-0.4, -0.2) is 16.7 Å². The third-order valence-electron chi connectivity index (χ3n) is 5.44. The van der Waals surface area contributed by atoms with Gasteiger partial charge < -0.3 is 9.84 Å². The molecule has 0 saturated heterocycles. The summed E-state index contributed by atoms with van der Waals surface area (Å²) in [5.74, 6) is 1.20. The molecule has 0 aliphatic rings. The average Bonchev–Trinajstić information content (AvgIpc) is 2.79. The van der Waals surface area contributed by atoms with Crippen LogP contribution >= 0.6 is 0 Å². The standard InChI is InChI=1S/C27H33NO2/c1-2-3-4-5-6-7-10-21-30-25-18-14-23(15-19-25)27(26-11-8-9-20-28-26)22-12-16-24(29)17-13-22/h8-9,11-20,27,29H,2-7,10,21H2,1H3. The lowest BCUT2D eigenvalue weighted by Gasteiger charge is -2.18. The Morgan fingerprint density at radius 2 is 1.40 bits per heavy atom. The number of benzene rings is 2. The number of hydrogen-bond acceptors (Lipinski definition) is 3. The van der Waals surface area contributed by atoms with Gasteiger partial charge in [-0.05, 0) is 53.9 Å². The highest BCUT2D eigenvalue weighted by Gasteiger charge is 2.18. The molecule has 0 bridgehead atoms. The highest BCUT2D eigenvalue weighted by molar-refractivity contribution is 5.43. The molecule has 1 heterocycles. The molecule has 1 aromatic heterocycles. The van der Waals surface area contributed by atoms with Crippen molar-refractivity contribution in [1.82, 2.24) is 4.98 Å². The van der Waals surface area contributed by atoms with Gasteiger partial charge in [0, 0.05) is 6.20 Å². The van der Waals surface area contributed by atoms with E-state index in [-0.39, 0.29) is 11.7 Å². The Kier molecular flexibility index (Phi) is 8.77. The second kappa shape index (κ2) is 12.0. The molecular weight excluding hydrogens is 370 g/mol. The van der Waals surface area contributed by atoms with Gasteiger partial charge in [0.05, 0.1) is 18.2 Å². The molecular formula is C27H33NO2. The zero-order chi connectivity index (χ0) is 21.0. The van der Waals surface area contributed by atoms with Crippen molar-refractivity contribution in [2.24, 2.45) is 0 Å². The first kappa shape index (κ1) is 21.9. The molecule has 0 fully saturated rings. The second-order valence-corrected chi connectivity index (χ2v) is 7.82. The molecule has 3 rings (SSSR count). The van der Waals surface area contributed by atoms with Crippen LogP contribution in [0.5, 0.6) is 11.5 Å². The lowest BCUT2D eigenvalue weighted by molar-refractivity contribution is 0.304. The summed E-state index contributed by atoms with van der Waals surface area (Å²) in [5.41, 5.74) is 3.24. The van der Waals surface area contributed by atoms with E-state index in [0.29, 0.717) is 0 Å². The first-order valence-electron chi connectivity index (χ1n) is 11.2. The quantitative estimate of drug-likeness (QED) is 0.328. The number of hydrogen-bond donors (Lipinski definition) is 1. The summed E-state index contributed by atoms with van der Waals surface area (Å²) in [6, 6.07) is 21.7. The van der Waals surface area contributed by atoms with Crippen molar-refractivity contribution in [2.45, 2.75) is 57.8 Å². The first-order valence-corrected chi connectivity index (χ1v) is 11.2. The molecule has 158 valence electrons. The van der Waals surface area contributed by atoms with E-state index in [9.17, 15) is 5.11 Å². The van der Waals surface area contributed by atoms with Crippen LogP contribution in [0, 0.1) is 0 Å². The van der Waals surface area contributed by atoms with Crippen LogP contribution < -0.4 is 4.74 Å². The van der Waals surface area contributed by atoms with Crippen molar-refractivity contribution in [3.8, 4) is 11.5 Å². The topological polar surface area (TPSA) is 42.4 Å². The Hall–Kier alpha value is -2.81. The molecule has 2 aromatic carbocycles. The third kappa shape index (κ3) is 6.62. The maximum absolute atomic E-state index is 9.66. The summed E-state index contributed by atoms with van der Waals surface area (Å²) in [6.07, 6.45) is 10.8. The molecule has 0 saturated carbocycles. The van der Waals surface area contributed by atoms with E-state index in [2.05, 4.69) is 24.0 Å². The van der Waals surface area contributed by atoms with Crippen LogP contribution in [0.25, 0.3) is 0 Å². The SMILES string of the molecule is CCCCCCCCCOc1ccc(C(c2ccc(O)cc2)c2ccccn2)cc1. The largest absolute Gasteiger partial charge is 0.508 e. The number of aromatic hydroxyl groups is 1. The van der Waals surface area contributed by atoms with Crippen molar-refractivity contribution in [3.05, 3.63) is 89.7 Å². The van der Waals surface area contributed by atoms with E-state index in [1.165, 1.54) is 38.5 Å². The fourth-order valence-corrected chi connectivity index (χ4v) is 3.75. The lowest BCUT2D eigenvalue weighted by Crippen LogP contribution is -2.05. The van der Waals surface area contributed by atoms with Gasteiger partial charge in [-0.1, -0.05) is 75.8 Å². The van der Waals surface area contributed by atoms with Crippen LogP contribution in [0.15, 0.2) is 72.9 Å². The van der Waals surface area contributed by atoms with Gasteiger partial charge in [0.2, 0.25) is 0 Å². The third-order valence-corrected chi connectivity index (χ3v) is 5.44.